The van der Waals surface area contributed by atoms with E-state index in [9.17, 15) is 4.79 Å². The van der Waals surface area contributed by atoms with Crippen molar-refractivity contribution in [1.82, 2.24) is 4.90 Å². The topological polar surface area (TPSA) is 32.3 Å². The molecule has 3 nitrogen and oxygen atoms in total. The number of carbonyl (C=O) groups excluding carboxylic acids is 1. The minimum Gasteiger partial charge on any atom is -0.385 e. The van der Waals surface area contributed by atoms with Crippen molar-refractivity contribution in [3.63, 3.8) is 0 Å². The summed E-state index contributed by atoms with van der Waals surface area (Å²) in [6.07, 6.45) is 0. The van der Waals surface area contributed by atoms with Gasteiger partial charge in [0, 0.05) is 30.9 Å². The molecule has 0 aromatic heterocycles. The van der Waals surface area contributed by atoms with Gasteiger partial charge in [0.05, 0.1) is 0 Å². The van der Waals surface area contributed by atoms with Gasteiger partial charge in [-0.3, -0.25) is 4.79 Å². The SMILES string of the molecule is CCNc1ccc(C(=O)N2CC(C)C(C)C2)cc1C. The number of amides is 1. The van der Waals surface area contributed by atoms with E-state index in [2.05, 4.69) is 26.1 Å². The lowest BCUT2D eigenvalue weighted by Crippen LogP contribution is -2.28. The van der Waals surface area contributed by atoms with Gasteiger partial charge in [-0.15, -0.1) is 0 Å². The fourth-order valence-corrected chi connectivity index (χ4v) is 2.66. The van der Waals surface area contributed by atoms with Crippen molar-refractivity contribution in [2.45, 2.75) is 27.7 Å². The second-order valence-corrected chi connectivity index (χ2v) is 5.72. The number of anilines is 1. The Balaban J connectivity index is 2.14. The van der Waals surface area contributed by atoms with Gasteiger partial charge < -0.3 is 10.2 Å². The van der Waals surface area contributed by atoms with Gasteiger partial charge in [0.1, 0.15) is 0 Å². The van der Waals surface area contributed by atoms with E-state index < -0.39 is 0 Å². The van der Waals surface area contributed by atoms with Crippen LogP contribution in [0.4, 0.5) is 5.69 Å². The smallest absolute Gasteiger partial charge is 0.253 e. The van der Waals surface area contributed by atoms with Crippen molar-refractivity contribution in [2.24, 2.45) is 11.8 Å². The zero-order valence-electron chi connectivity index (χ0n) is 12.4. The van der Waals surface area contributed by atoms with Gasteiger partial charge in [-0.05, 0) is 49.4 Å². The molecule has 1 amide bonds. The normalized spacial score (nSPS) is 22.6. The third kappa shape index (κ3) is 2.91. The first-order valence-corrected chi connectivity index (χ1v) is 7.16. The Morgan fingerprint density at radius 2 is 1.95 bits per heavy atom. The van der Waals surface area contributed by atoms with Crippen molar-refractivity contribution in [3.05, 3.63) is 29.3 Å². The van der Waals surface area contributed by atoms with Crippen LogP contribution in [0, 0.1) is 18.8 Å². The molecule has 0 bridgehead atoms. The van der Waals surface area contributed by atoms with Crippen molar-refractivity contribution in [3.8, 4) is 0 Å². The first kappa shape index (κ1) is 13.9. The van der Waals surface area contributed by atoms with E-state index in [1.54, 1.807) is 0 Å². The van der Waals surface area contributed by atoms with Crippen LogP contribution in [0.15, 0.2) is 18.2 Å². The quantitative estimate of drug-likeness (QED) is 0.905. The predicted octanol–water partition coefficient (Wildman–Crippen LogP) is 3.15. The molecule has 0 aliphatic carbocycles. The summed E-state index contributed by atoms with van der Waals surface area (Å²) in [5.74, 6) is 1.37. The average molecular weight is 260 g/mol. The van der Waals surface area contributed by atoms with Gasteiger partial charge in [-0.2, -0.15) is 0 Å². The monoisotopic (exact) mass is 260 g/mol. The molecule has 3 heteroatoms. The van der Waals surface area contributed by atoms with Crippen molar-refractivity contribution < 1.29 is 4.79 Å². The first-order valence-electron chi connectivity index (χ1n) is 7.16. The van der Waals surface area contributed by atoms with Crippen LogP contribution in [0.3, 0.4) is 0 Å². The summed E-state index contributed by atoms with van der Waals surface area (Å²) in [7, 11) is 0. The molecule has 1 fully saturated rings. The zero-order valence-corrected chi connectivity index (χ0v) is 12.4. The summed E-state index contributed by atoms with van der Waals surface area (Å²) in [6, 6.07) is 5.93. The summed E-state index contributed by atoms with van der Waals surface area (Å²) in [4.78, 5) is 14.4. The van der Waals surface area contributed by atoms with Crippen LogP contribution in [0.25, 0.3) is 0 Å². The lowest BCUT2D eigenvalue weighted by Gasteiger charge is -2.17. The molecule has 1 N–H and O–H groups in total. The zero-order chi connectivity index (χ0) is 14.0. The number of hydrogen-bond donors (Lipinski definition) is 1. The molecule has 1 aliphatic heterocycles. The molecule has 2 rings (SSSR count). The van der Waals surface area contributed by atoms with Gasteiger partial charge in [-0.1, -0.05) is 13.8 Å². The fraction of sp³-hybridized carbons (Fsp3) is 0.562. The summed E-state index contributed by atoms with van der Waals surface area (Å²) in [5.41, 5.74) is 3.05. The first-order chi connectivity index (χ1) is 9.02. The third-order valence-corrected chi connectivity index (χ3v) is 4.12. The molecule has 0 spiro atoms. The highest BCUT2D eigenvalue weighted by atomic mass is 16.2. The summed E-state index contributed by atoms with van der Waals surface area (Å²) < 4.78 is 0. The largest absolute Gasteiger partial charge is 0.385 e. The van der Waals surface area contributed by atoms with Crippen LogP contribution in [0.1, 0.15) is 36.7 Å². The Bertz CT molecular complexity index is 460. The molecule has 1 aliphatic rings. The van der Waals surface area contributed by atoms with Gasteiger partial charge in [0.15, 0.2) is 0 Å². The van der Waals surface area contributed by atoms with Crippen molar-refractivity contribution in [1.29, 1.82) is 0 Å². The molecule has 1 heterocycles. The van der Waals surface area contributed by atoms with E-state index in [4.69, 9.17) is 0 Å². The van der Waals surface area contributed by atoms with Crippen molar-refractivity contribution in [2.75, 3.05) is 25.0 Å². The number of nitrogens with one attached hydrogen (secondary N) is 1. The Morgan fingerprint density at radius 3 is 2.47 bits per heavy atom. The van der Waals surface area contributed by atoms with E-state index in [0.717, 1.165) is 36.4 Å². The van der Waals surface area contributed by atoms with Gasteiger partial charge in [0.25, 0.3) is 5.91 Å². The van der Waals surface area contributed by atoms with Gasteiger partial charge in [0.2, 0.25) is 0 Å². The van der Waals surface area contributed by atoms with Gasteiger partial charge in [-0.25, -0.2) is 0 Å². The Labute approximate surface area is 116 Å². The maximum absolute atomic E-state index is 12.5. The van der Waals surface area contributed by atoms with E-state index in [0.29, 0.717) is 11.8 Å². The Morgan fingerprint density at radius 1 is 1.32 bits per heavy atom. The van der Waals surface area contributed by atoms with Crippen LogP contribution in [0.2, 0.25) is 0 Å². The molecule has 19 heavy (non-hydrogen) atoms. The maximum Gasteiger partial charge on any atom is 0.253 e. The van der Waals surface area contributed by atoms with E-state index in [1.807, 2.05) is 30.0 Å². The minimum absolute atomic E-state index is 0.169. The number of nitrogens with zero attached hydrogens (tertiary/aromatic N) is 1. The van der Waals surface area contributed by atoms with Crippen LogP contribution in [-0.4, -0.2) is 30.4 Å². The molecule has 1 aromatic carbocycles. The molecule has 2 unspecified atom stereocenters. The number of rotatable bonds is 3. The Kier molecular flexibility index (Phi) is 4.13. The average Bonchev–Trinajstić information content (AvgIpc) is 2.71. The highest BCUT2D eigenvalue weighted by Gasteiger charge is 2.29. The number of likely N-dealkylation sites (tertiary alicyclic amines) is 1. The number of aryl methyl sites for hydroxylation is 1. The summed E-state index contributed by atoms with van der Waals surface area (Å²) >= 11 is 0. The standard InChI is InChI=1S/C16H24N2O/c1-5-17-15-7-6-14(8-11(15)2)16(19)18-9-12(3)13(4)10-18/h6-8,12-13,17H,5,9-10H2,1-4H3. The summed E-state index contributed by atoms with van der Waals surface area (Å²) in [6.45, 7) is 11.2. The number of carbonyl (C=O) groups is 1. The van der Waals surface area contributed by atoms with Crippen LogP contribution >= 0.6 is 0 Å². The Hall–Kier alpha value is -1.51. The molecule has 0 saturated carbocycles. The lowest BCUT2D eigenvalue weighted by molar-refractivity contribution is 0.0785. The van der Waals surface area contributed by atoms with Gasteiger partial charge >= 0.3 is 0 Å². The highest BCUT2D eigenvalue weighted by Crippen LogP contribution is 2.25. The van der Waals surface area contributed by atoms with Crippen molar-refractivity contribution >= 4 is 11.6 Å². The highest BCUT2D eigenvalue weighted by molar-refractivity contribution is 5.95. The molecule has 104 valence electrons. The molecular formula is C16H24N2O. The minimum atomic E-state index is 0.169. The molecule has 2 atom stereocenters. The molecular weight excluding hydrogens is 236 g/mol. The lowest BCUT2D eigenvalue weighted by atomic mass is 10.0. The molecule has 0 radical (unpaired) electrons. The van der Waals surface area contributed by atoms with Crippen LogP contribution in [-0.2, 0) is 0 Å². The maximum atomic E-state index is 12.5. The van der Waals surface area contributed by atoms with E-state index in [-0.39, 0.29) is 5.91 Å². The molecule has 1 aromatic rings. The second-order valence-electron chi connectivity index (χ2n) is 5.72. The number of benzene rings is 1. The molecule has 1 saturated heterocycles. The summed E-state index contributed by atoms with van der Waals surface area (Å²) in [5, 5.41) is 3.30. The van der Waals surface area contributed by atoms with Crippen LogP contribution < -0.4 is 5.32 Å². The fourth-order valence-electron chi connectivity index (χ4n) is 2.66. The van der Waals surface area contributed by atoms with E-state index in [1.165, 1.54) is 0 Å². The van der Waals surface area contributed by atoms with E-state index >= 15 is 0 Å². The van der Waals surface area contributed by atoms with Crippen LogP contribution in [0.5, 0.6) is 0 Å². The second kappa shape index (κ2) is 5.64. The predicted molar refractivity (Wildman–Crippen MR) is 79.6 cm³/mol. The number of hydrogen-bond acceptors (Lipinski definition) is 2. The third-order valence-electron chi connectivity index (χ3n) is 4.12.